The van der Waals surface area contributed by atoms with Gasteiger partial charge in [-0.2, -0.15) is 0 Å². The highest BCUT2D eigenvalue weighted by Gasteiger charge is 2.59. The van der Waals surface area contributed by atoms with Gasteiger partial charge in [0.15, 0.2) is 12.6 Å². The molecule has 0 aliphatic carbocycles. The highest BCUT2D eigenvalue weighted by Crippen LogP contribution is 2.37. The van der Waals surface area contributed by atoms with E-state index in [0.717, 1.165) is 0 Å². The van der Waals surface area contributed by atoms with Crippen LogP contribution in [0.25, 0.3) is 0 Å². The molecule has 0 spiro atoms. The Hall–Kier alpha value is -1.21. The molecule has 16 atom stereocenters. The van der Waals surface area contributed by atoms with E-state index in [2.05, 4.69) is 0 Å². The Morgan fingerprint density at radius 2 is 1.52 bits per heavy atom. The lowest BCUT2D eigenvalue weighted by atomic mass is 9.88. The smallest absolute Gasteiger partial charge is 0.364 e. The molecule has 3 heterocycles. The van der Waals surface area contributed by atoms with Gasteiger partial charge in [0.2, 0.25) is 0 Å². The predicted octanol–water partition coefficient (Wildman–Crippen LogP) is -8.40. The third-order valence-corrected chi connectivity index (χ3v) is 7.15. The van der Waals surface area contributed by atoms with Crippen LogP contribution in [0.3, 0.4) is 0 Å². The maximum Gasteiger partial charge on any atom is 0.364 e. The zero-order valence-electron chi connectivity index (χ0n) is 20.9. The number of ether oxygens (including phenoxy) is 5. The van der Waals surface area contributed by atoms with Crippen LogP contribution in [-0.4, -0.2) is 185 Å². The summed E-state index contributed by atoms with van der Waals surface area (Å²) in [6, 6.07) is -1.48. The molecule has 3 aliphatic heterocycles. The molecule has 14 N–H and O–H groups in total. The quantitative estimate of drug-likeness (QED) is 0.112. The average molecular weight is 592 g/mol. The van der Waals surface area contributed by atoms with Crippen LogP contribution in [0.4, 0.5) is 0 Å². The van der Waals surface area contributed by atoms with E-state index in [4.69, 9.17) is 34.5 Å². The third-order valence-electron chi connectivity index (χ3n) is 7.15. The number of hydrogen-bond acceptors (Lipinski definition) is 18. The molecule has 0 unspecified atom stereocenters. The van der Waals surface area contributed by atoms with Crippen molar-refractivity contribution in [2.45, 2.75) is 104 Å². The minimum Gasteiger partial charge on any atom is -0.477 e. The summed E-state index contributed by atoms with van der Waals surface area (Å²) in [6.07, 6.45) is -27.0. The lowest BCUT2D eigenvalue weighted by molar-refractivity contribution is -0.384. The zero-order chi connectivity index (χ0) is 30.1. The van der Waals surface area contributed by atoms with Crippen molar-refractivity contribution < 1.29 is 89.8 Å². The van der Waals surface area contributed by atoms with E-state index < -0.39 is 130 Å². The SMILES string of the molecule is N[C@@H]1[C@H]([C@H](O)[C@H](O)CO)O[C@@](O[C@H]2[C@@H](O)[C@@H](CO)O[C@@H](O[C@H]3[C@H](O)[C@@H](O)[C@H](O)O[C@@H]3CO)[C@@H]2O)(C(=O)O)C[C@@H]1O. The Morgan fingerprint density at radius 3 is 2.08 bits per heavy atom. The van der Waals surface area contributed by atoms with E-state index in [1.165, 1.54) is 0 Å². The predicted molar refractivity (Wildman–Crippen MR) is 120 cm³/mol. The number of carboxylic acids is 1. The average Bonchev–Trinajstić information content (AvgIpc) is 2.93. The lowest BCUT2D eigenvalue weighted by Gasteiger charge is -2.50. The minimum atomic E-state index is -2.94. The van der Waals surface area contributed by atoms with Gasteiger partial charge in [-0.05, 0) is 0 Å². The van der Waals surface area contributed by atoms with Gasteiger partial charge in [-0.1, -0.05) is 0 Å². The van der Waals surface area contributed by atoms with Crippen molar-refractivity contribution in [3.8, 4) is 0 Å². The van der Waals surface area contributed by atoms with Crippen LogP contribution in [-0.2, 0) is 28.5 Å². The fourth-order valence-electron chi connectivity index (χ4n) is 4.78. The summed E-state index contributed by atoms with van der Waals surface area (Å²) < 4.78 is 26.6. The fourth-order valence-corrected chi connectivity index (χ4v) is 4.78. The second kappa shape index (κ2) is 13.4. The zero-order valence-corrected chi connectivity index (χ0v) is 20.9. The third kappa shape index (κ3) is 6.40. The van der Waals surface area contributed by atoms with Gasteiger partial charge in [-0.25, -0.2) is 4.79 Å². The molecule has 3 rings (SSSR count). The Kier molecular flexibility index (Phi) is 11.2. The molecule has 0 saturated carbocycles. The molecule has 3 aliphatic rings. The summed E-state index contributed by atoms with van der Waals surface area (Å²) in [4.78, 5) is 12.4. The summed E-state index contributed by atoms with van der Waals surface area (Å²) in [6.45, 7) is -2.78. The second-order valence-corrected chi connectivity index (χ2v) is 9.85. The molecule has 0 bridgehead atoms. The first kappa shape index (κ1) is 33.3. The van der Waals surface area contributed by atoms with Crippen molar-refractivity contribution in [1.29, 1.82) is 0 Å². The van der Waals surface area contributed by atoms with Crippen molar-refractivity contribution in [1.82, 2.24) is 0 Å². The molecule has 3 saturated heterocycles. The molecule has 19 heteroatoms. The molecule has 19 nitrogen and oxygen atoms in total. The standard InChI is InChI=1S/C21H37NO18/c22-9-5(26)1-21(20(34)35,39-16(9)10(28)6(27)2-23)40-17-11(29)7(3-24)37-19(14(17)32)38-15-8(4-25)36-18(33)13(31)12(15)30/h5-19,23-33H,1-4,22H2,(H,34,35)/t5-,6+,7+,8+,9-,10+,11-,12+,13+,14+,15+,16+,17-,18+,19-,21-/m0/s1. The van der Waals surface area contributed by atoms with Crippen molar-refractivity contribution in [3.63, 3.8) is 0 Å². The monoisotopic (exact) mass is 591 g/mol. The van der Waals surface area contributed by atoms with Gasteiger partial charge in [-0.3, -0.25) is 0 Å². The first-order valence-corrected chi connectivity index (χ1v) is 12.3. The van der Waals surface area contributed by atoms with Crippen LogP contribution in [0.2, 0.25) is 0 Å². The second-order valence-electron chi connectivity index (χ2n) is 9.85. The number of aliphatic hydroxyl groups excluding tert-OH is 11. The van der Waals surface area contributed by atoms with Crippen LogP contribution >= 0.6 is 0 Å². The molecule has 0 amide bonds. The van der Waals surface area contributed by atoms with E-state index >= 15 is 0 Å². The maximum atomic E-state index is 12.4. The Bertz CT molecular complexity index is 837. The number of aliphatic carboxylic acids is 1. The molecular weight excluding hydrogens is 554 g/mol. The minimum absolute atomic E-state index is 0.849. The Balaban J connectivity index is 1.90. The van der Waals surface area contributed by atoms with Gasteiger partial charge >= 0.3 is 5.97 Å². The van der Waals surface area contributed by atoms with E-state index in [1.807, 2.05) is 0 Å². The number of aliphatic hydroxyl groups is 11. The molecule has 0 aromatic carbocycles. The highest BCUT2D eigenvalue weighted by molar-refractivity contribution is 5.76. The Morgan fingerprint density at radius 1 is 0.900 bits per heavy atom. The van der Waals surface area contributed by atoms with Gasteiger partial charge in [0.1, 0.15) is 67.1 Å². The molecule has 0 aromatic rings. The van der Waals surface area contributed by atoms with Crippen LogP contribution in [0.5, 0.6) is 0 Å². The van der Waals surface area contributed by atoms with Crippen LogP contribution in [0, 0.1) is 0 Å². The first-order valence-electron chi connectivity index (χ1n) is 12.3. The summed E-state index contributed by atoms with van der Waals surface area (Å²) in [7, 11) is 0. The van der Waals surface area contributed by atoms with E-state index in [1.54, 1.807) is 0 Å². The van der Waals surface area contributed by atoms with E-state index in [0.29, 0.717) is 0 Å². The van der Waals surface area contributed by atoms with Crippen molar-refractivity contribution in [3.05, 3.63) is 0 Å². The molecule has 40 heavy (non-hydrogen) atoms. The summed E-state index contributed by atoms with van der Waals surface area (Å²) in [5, 5.41) is 121. The van der Waals surface area contributed by atoms with Crippen molar-refractivity contribution >= 4 is 5.97 Å². The van der Waals surface area contributed by atoms with E-state index in [-0.39, 0.29) is 0 Å². The molecule has 3 fully saturated rings. The van der Waals surface area contributed by atoms with Crippen LogP contribution in [0.1, 0.15) is 6.42 Å². The van der Waals surface area contributed by atoms with Gasteiger partial charge in [0.05, 0.1) is 32.0 Å². The topological polar surface area (TPSA) is 332 Å². The van der Waals surface area contributed by atoms with Gasteiger partial charge in [0, 0.05) is 6.42 Å². The summed E-state index contributed by atoms with van der Waals surface area (Å²) in [5.41, 5.74) is 5.81. The maximum absolute atomic E-state index is 12.4. The molecule has 0 aromatic heterocycles. The van der Waals surface area contributed by atoms with Gasteiger partial charge in [0.25, 0.3) is 5.79 Å². The largest absolute Gasteiger partial charge is 0.477 e. The van der Waals surface area contributed by atoms with Crippen molar-refractivity contribution in [2.75, 3.05) is 19.8 Å². The number of carbonyl (C=O) groups is 1. The summed E-state index contributed by atoms with van der Waals surface area (Å²) in [5.74, 6) is -4.86. The normalized spacial score (nSPS) is 48.0. The number of carboxylic acid groups (broad SMARTS) is 1. The number of rotatable bonds is 10. The number of nitrogens with two attached hydrogens (primary N) is 1. The molecule has 0 radical (unpaired) electrons. The Labute approximate surface area is 226 Å². The van der Waals surface area contributed by atoms with Crippen LogP contribution in [0.15, 0.2) is 0 Å². The number of hydrogen-bond donors (Lipinski definition) is 13. The molecular formula is C21H37NO18. The van der Waals surface area contributed by atoms with Gasteiger partial charge < -0.3 is 90.7 Å². The summed E-state index contributed by atoms with van der Waals surface area (Å²) >= 11 is 0. The highest BCUT2D eigenvalue weighted by atomic mass is 16.8. The van der Waals surface area contributed by atoms with E-state index in [9.17, 15) is 61.0 Å². The fraction of sp³-hybridized carbons (Fsp3) is 0.952. The van der Waals surface area contributed by atoms with Crippen LogP contribution < -0.4 is 5.73 Å². The van der Waals surface area contributed by atoms with Crippen molar-refractivity contribution in [2.24, 2.45) is 5.73 Å². The molecule has 234 valence electrons. The first-order chi connectivity index (χ1) is 18.7. The van der Waals surface area contributed by atoms with Gasteiger partial charge in [-0.15, -0.1) is 0 Å². The lowest BCUT2D eigenvalue weighted by Crippen LogP contribution is -2.70.